The SMILES string of the molecule is C=c1s/c(=C/C(C)(C)C)c(=O)n1COC=O. The summed E-state index contributed by atoms with van der Waals surface area (Å²) in [5.74, 6) is 0. The van der Waals surface area contributed by atoms with Crippen molar-refractivity contribution in [1.29, 1.82) is 0 Å². The van der Waals surface area contributed by atoms with Gasteiger partial charge in [0.25, 0.3) is 12.0 Å². The molecule has 0 aliphatic rings. The smallest absolute Gasteiger partial charge is 0.294 e. The lowest BCUT2D eigenvalue weighted by atomic mass is 9.97. The summed E-state index contributed by atoms with van der Waals surface area (Å²) in [6.45, 7) is 10.0. The van der Waals surface area contributed by atoms with E-state index in [0.29, 0.717) is 15.7 Å². The molecule has 0 radical (unpaired) electrons. The van der Waals surface area contributed by atoms with E-state index >= 15 is 0 Å². The fraction of sp³-hybridized carbons (Fsp3) is 0.455. The number of hydrogen-bond donors (Lipinski definition) is 0. The molecule has 4 nitrogen and oxygen atoms in total. The first-order valence-electron chi connectivity index (χ1n) is 4.82. The number of aromatic nitrogens is 1. The summed E-state index contributed by atoms with van der Waals surface area (Å²) in [6.07, 6.45) is 1.89. The molecular weight excluding hydrogens is 226 g/mol. The average Bonchev–Trinajstić information content (AvgIpc) is 2.37. The molecule has 16 heavy (non-hydrogen) atoms. The average molecular weight is 241 g/mol. The number of hydrogen-bond acceptors (Lipinski definition) is 4. The minimum absolute atomic E-state index is 0.0696. The summed E-state index contributed by atoms with van der Waals surface area (Å²) in [6, 6.07) is 0. The number of nitrogens with zero attached hydrogens (tertiary/aromatic N) is 1. The molecule has 0 saturated heterocycles. The molecule has 0 atom stereocenters. The van der Waals surface area contributed by atoms with Gasteiger partial charge in [-0.1, -0.05) is 33.4 Å². The van der Waals surface area contributed by atoms with E-state index in [4.69, 9.17) is 0 Å². The first-order valence-corrected chi connectivity index (χ1v) is 5.63. The summed E-state index contributed by atoms with van der Waals surface area (Å²) >= 11 is 1.31. The Morgan fingerprint density at radius 1 is 1.50 bits per heavy atom. The van der Waals surface area contributed by atoms with E-state index < -0.39 is 0 Å². The molecular formula is C11H15NO3S. The van der Waals surface area contributed by atoms with Crippen molar-refractivity contribution in [3.63, 3.8) is 0 Å². The van der Waals surface area contributed by atoms with Crippen molar-refractivity contribution in [3.8, 4) is 0 Å². The third kappa shape index (κ3) is 3.06. The Morgan fingerprint density at radius 3 is 2.62 bits per heavy atom. The molecule has 0 spiro atoms. The van der Waals surface area contributed by atoms with Crippen LogP contribution in [0.1, 0.15) is 20.8 Å². The molecule has 0 amide bonds. The van der Waals surface area contributed by atoms with Crippen LogP contribution >= 0.6 is 11.3 Å². The Kier molecular flexibility index (Phi) is 3.70. The predicted octanol–water partition coefficient (Wildman–Crippen LogP) is 0.277. The Bertz CT molecular complexity index is 533. The van der Waals surface area contributed by atoms with Gasteiger partial charge in [0.05, 0.1) is 9.20 Å². The summed E-state index contributed by atoms with van der Waals surface area (Å²) < 4.78 is 7.12. The predicted molar refractivity (Wildman–Crippen MR) is 64.4 cm³/mol. The van der Waals surface area contributed by atoms with Crippen LogP contribution in [0, 0.1) is 5.41 Å². The number of rotatable bonds is 3. The van der Waals surface area contributed by atoms with Gasteiger partial charge < -0.3 is 4.74 Å². The highest BCUT2D eigenvalue weighted by Crippen LogP contribution is 2.13. The maximum absolute atomic E-state index is 11.9. The molecule has 1 aromatic rings. The largest absolute Gasteiger partial charge is 0.446 e. The van der Waals surface area contributed by atoms with Gasteiger partial charge in [-0.15, -0.1) is 11.3 Å². The summed E-state index contributed by atoms with van der Waals surface area (Å²) in [7, 11) is 0. The Balaban J connectivity index is 3.28. The highest BCUT2D eigenvalue weighted by molar-refractivity contribution is 7.07. The van der Waals surface area contributed by atoms with Crippen molar-refractivity contribution in [3.05, 3.63) is 19.5 Å². The van der Waals surface area contributed by atoms with Crippen molar-refractivity contribution in [1.82, 2.24) is 4.57 Å². The quantitative estimate of drug-likeness (QED) is 0.714. The Labute approximate surface area is 97.5 Å². The Morgan fingerprint density at radius 2 is 2.12 bits per heavy atom. The number of carbonyl (C=O) groups is 1. The summed E-state index contributed by atoms with van der Waals surface area (Å²) in [4.78, 5) is 22.0. The maximum Gasteiger partial charge on any atom is 0.294 e. The van der Waals surface area contributed by atoms with Crippen molar-refractivity contribution < 1.29 is 9.53 Å². The van der Waals surface area contributed by atoms with Crippen LogP contribution in [-0.4, -0.2) is 11.0 Å². The second kappa shape index (κ2) is 4.65. The van der Waals surface area contributed by atoms with Gasteiger partial charge in [-0.25, -0.2) is 0 Å². The van der Waals surface area contributed by atoms with Crippen molar-refractivity contribution in [2.75, 3.05) is 0 Å². The first kappa shape index (κ1) is 12.7. The lowest BCUT2D eigenvalue weighted by molar-refractivity contribution is -0.132. The van der Waals surface area contributed by atoms with Crippen LogP contribution in [0.15, 0.2) is 4.79 Å². The van der Waals surface area contributed by atoms with Gasteiger partial charge in [-0.3, -0.25) is 14.2 Å². The van der Waals surface area contributed by atoms with Gasteiger partial charge >= 0.3 is 0 Å². The molecule has 0 saturated carbocycles. The normalized spacial score (nSPS) is 12.8. The maximum atomic E-state index is 11.9. The molecule has 0 aliphatic heterocycles. The van der Waals surface area contributed by atoms with Crippen LogP contribution in [-0.2, 0) is 16.3 Å². The standard InChI is InChI=1S/C11H15NO3S/c1-8-12(6-15-7-13)10(14)9(16-8)5-11(2,3)4/h5,7H,1,6H2,2-4H3/b9-5+. The second-order valence-corrected chi connectivity index (χ2v) is 5.61. The van der Waals surface area contributed by atoms with E-state index in [1.165, 1.54) is 15.9 Å². The van der Waals surface area contributed by atoms with Crippen LogP contribution in [0.2, 0.25) is 0 Å². The van der Waals surface area contributed by atoms with E-state index in [9.17, 15) is 9.59 Å². The van der Waals surface area contributed by atoms with Gasteiger partial charge in [0.15, 0.2) is 6.73 Å². The lowest BCUT2D eigenvalue weighted by Gasteiger charge is -2.09. The highest BCUT2D eigenvalue weighted by Gasteiger charge is 2.09. The van der Waals surface area contributed by atoms with Gasteiger partial charge in [-0.05, 0) is 5.41 Å². The molecule has 0 unspecified atom stereocenters. The minimum Gasteiger partial charge on any atom is -0.446 e. The second-order valence-electron chi connectivity index (χ2n) is 4.50. The van der Waals surface area contributed by atoms with Crippen LogP contribution in [0.5, 0.6) is 0 Å². The van der Waals surface area contributed by atoms with Crippen LogP contribution in [0.4, 0.5) is 0 Å². The lowest BCUT2D eigenvalue weighted by Crippen LogP contribution is -2.32. The zero-order valence-electron chi connectivity index (χ0n) is 9.65. The van der Waals surface area contributed by atoms with E-state index in [-0.39, 0.29) is 17.7 Å². The summed E-state index contributed by atoms with van der Waals surface area (Å²) in [5.41, 5.74) is -0.230. The minimum atomic E-state index is -0.160. The molecule has 0 N–H and O–H groups in total. The van der Waals surface area contributed by atoms with Crippen molar-refractivity contribution in [2.24, 2.45) is 5.41 Å². The monoisotopic (exact) mass is 241 g/mol. The molecule has 1 rings (SSSR count). The highest BCUT2D eigenvalue weighted by atomic mass is 32.1. The molecule has 0 bridgehead atoms. The molecule has 0 fully saturated rings. The third-order valence-electron chi connectivity index (χ3n) is 1.82. The van der Waals surface area contributed by atoms with Crippen molar-refractivity contribution >= 4 is 30.5 Å². The molecule has 1 aromatic heterocycles. The zero-order valence-corrected chi connectivity index (χ0v) is 10.5. The molecule has 88 valence electrons. The van der Waals surface area contributed by atoms with E-state index in [2.05, 4.69) is 11.3 Å². The van der Waals surface area contributed by atoms with Crippen molar-refractivity contribution in [2.45, 2.75) is 27.5 Å². The molecule has 0 aromatic carbocycles. The van der Waals surface area contributed by atoms with Crippen LogP contribution in [0.25, 0.3) is 12.7 Å². The van der Waals surface area contributed by atoms with Gasteiger partial charge in [0.2, 0.25) is 0 Å². The fourth-order valence-corrected chi connectivity index (χ4v) is 2.30. The summed E-state index contributed by atoms with van der Waals surface area (Å²) in [5, 5.41) is 0. The van der Waals surface area contributed by atoms with Crippen LogP contribution in [0.3, 0.4) is 0 Å². The third-order valence-corrected chi connectivity index (χ3v) is 2.79. The Hall–Kier alpha value is -1.36. The molecule has 1 heterocycles. The number of thiazole rings is 1. The topological polar surface area (TPSA) is 48.3 Å². The van der Waals surface area contributed by atoms with Gasteiger partial charge in [0.1, 0.15) is 0 Å². The van der Waals surface area contributed by atoms with Gasteiger partial charge in [0, 0.05) is 0 Å². The molecule has 0 aliphatic carbocycles. The number of ether oxygens (including phenoxy) is 1. The van der Waals surface area contributed by atoms with E-state index in [1.54, 1.807) is 0 Å². The van der Waals surface area contributed by atoms with E-state index in [1.807, 2.05) is 26.8 Å². The zero-order chi connectivity index (χ0) is 12.3. The molecule has 5 heteroatoms. The fourth-order valence-electron chi connectivity index (χ4n) is 1.19. The first-order chi connectivity index (χ1) is 7.35. The van der Waals surface area contributed by atoms with E-state index in [0.717, 1.165) is 0 Å². The van der Waals surface area contributed by atoms with Crippen LogP contribution < -0.4 is 14.8 Å². The van der Waals surface area contributed by atoms with Gasteiger partial charge in [-0.2, -0.15) is 0 Å². The number of carbonyl (C=O) groups excluding carboxylic acids is 1.